The number of nitrogens with zero attached hydrogens (tertiary/aromatic N) is 1. The van der Waals surface area contributed by atoms with Crippen LogP contribution >= 0.6 is 0 Å². The highest BCUT2D eigenvalue weighted by Crippen LogP contribution is 2.08. The first kappa shape index (κ1) is 15.9. The molecule has 0 saturated heterocycles. The fourth-order valence-corrected chi connectivity index (χ4v) is 1.99. The van der Waals surface area contributed by atoms with Crippen LogP contribution in [0.4, 0.5) is 0 Å². The van der Waals surface area contributed by atoms with Crippen molar-refractivity contribution in [2.75, 3.05) is 20.1 Å². The lowest BCUT2D eigenvalue weighted by Gasteiger charge is -2.20. The lowest BCUT2D eigenvalue weighted by molar-refractivity contribution is 0.363. The summed E-state index contributed by atoms with van der Waals surface area (Å²) in [5.41, 5.74) is 2.96. The molecule has 0 aliphatic carbocycles. The zero-order chi connectivity index (χ0) is 14.3. The average molecular weight is 260 g/mol. The van der Waals surface area contributed by atoms with E-state index in [1.54, 1.807) is 0 Å². The fraction of sp³-hybridized carbons (Fsp3) is 0.529. The molecule has 2 heteroatoms. The van der Waals surface area contributed by atoms with Crippen molar-refractivity contribution in [1.29, 1.82) is 0 Å². The third kappa shape index (κ3) is 7.14. The van der Waals surface area contributed by atoms with Crippen LogP contribution in [0.3, 0.4) is 0 Å². The van der Waals surface area contributed by atoms with E-state index in [4.69, 9.17) is 0 Å². The molecule has 0 aliphatic rings. The van der Waals surface area contributed by atoms with Crippen molar-refractivity contribution >= 4 is 0 Å². The van der Waals surface area contributed by atoms with Crippen molar-refractivity contribution < 1.29 is 0 Å². The molecule has 0 saturated carbocycles. The summed E-state index contributed by atoms with van der Waals surface area (Å²) in [6.45, 7) is 13.3. The van der Waals surface area contributed by atoms with E-state index in [-0.39, 0.29) is 5.54 Å². The van der Waals surface area contributed by atoms with Gasteiger partial charge in [0.25, 0.3) is 0 Å². The first-order valence-electron chi connectivity index (χ1n) is 7.03. The minimum absolute atomic E-state index is 0.202. The summed E-state index contributed by atoms with van der Waals surface area (Å²) in [6.07, 6.45) is 3.02. The number of hydrogen-bond acceptors (Lipinski definition) is 2. The van der Waals surface area contributed by atoms with E-state index < -0.39 is 0 Å². The van der Waals surface area contributed by atoms with Crippen LogP contribution in [-0.2, 0) is 13.0 Å². The molecular formula is C17H28N2. The lowest BCUT2D eigenvalue weighted by Crippen LogP contribution is -2.37. The van der Waals surface area contributed by atoms with E-state index in [0.29, 0.717) is 0 Å². The molecule has 0 unspecified atom stereocenters. The second kappa shape index (κ2) is 7.46. The van der Waals surface area contributed by atoms with Gasteiger partial charge < -0.3 is 5.32 Å². The zero-order valence-electron chi connectivity index (χ0n) is 12.9. The monoisotopic (exact) mass is 260 g/mol. The van der Waals surface area contributed by atoms with Gasteiger partial charge in [-0.1, -0.05) is 30.3 Å². The third-order valence-electron chi connectivity index (χ3n) is 2.99. The van der Waals surface area contributed by atoms with Crippen LogP contribution in [0.1, 0.15) is 31.9 Å². The maximum Gasteiger partial charge on any atom is 0.0233 e. The maximum atomic E-state index is 3.76. The molecular weight excluding hydrogens is 232 g/mol. The summed E-state index contributed by atoms with van der Waals surface area (Å²) in [4.78, 5) is 2.25. The van der Waals surface area contributed by atoms with E-state index in [2.05, 4.69) is 68.9 Å². The predicted molar refractivity (Wildman–Crippen MR) is 84.4 cm³/mol. The molecule has 0 spiro atoms. The van der Waals surface area contributed by atoms with E-state index in [1.807, 2.05) is 6.08 Å². The molecule has 0 atom stereocenters. The van der Waals surface area contributed by atoms with Gasteiger partial charge in [-0.25, -0.2) is 0 Å². The van der Waals surface area contributed by atoms with Gasteiger partial charge in [-0.05, 0) is 51.9 Å². The molecule has 1 aromatic rings. The molecule has 2 nitrogen and oxygen atoms in total. The van der Waals surface area contributed by atoms with Crippen LogP contribution in [0, 0.1) is 0 Å². The smallest absolute Gasteiger partial charge is 0.0233 e. The second-order valence-electron chi connectivity index (χ2n) is 6.23. The van der Waals surface area contributed by atoms with Gasteiger partial charge in [0.05, 0.1) is 0 Å². The van der Waals surface area contributed by atoms with Crippen molar-refractivity contribution in [3.05, 3.63) is 48.0 Å². The summed E-state index contributed by atoms with van der Waals surface area (Å²) in [5.74, 6) is 0. The Bertz CT molecular complexity index is 373. The second-order valence-corrected chi connectivity index (χ2v) is 6.23. The summed E-state index contributed by atoms with van der Waals surface area (Å²) < 4.78 is 0. The van der Waals surface area contributed by atoms with E-state index in [1.165, 1.54) is 11.1 Å². The highest BCUT2D eigenvalue weighted by atomic mass is 15.1. The van der Waals surface area contributed by atoms with Gasteiger partial charge in [-0.3, -0.25) is 4.90 Å². The molecule has 0 radical (unpaired) electrons. The molecule has 19 heavy (non-hydrogen) atoms. The summed E-state index contributed by atoms with van der Waals surface area (Å²) in [6, 6.07) is 8.93. The van der Waals surface area contributed by atoms with Crippen LogP contribution < -0.4 is 5.32 Å². The fourth-order valence-electron chi connectivity index (χ4n) is 1.99. The van der Waals surface area contributed by atoms with Gasteiger partial charge in [0.1, 0.15) is 0 Å². The Hall–Kier alpha value is -1.12. The van der Waals surface area contributed by atoms with Crippen LogP contribution in [-0.4, -0.2) is 30.6 Å². The van der Waals surface area contributed by atoms with Crippen LogP contribution in [0.15, 0.2) is 36.9 Å². The minimum Gasteiger partial charge on any atom is -0.312 e. The van der Waals surface area contributed by atoms with Crippen molar-refractivity contribution in [2.45, 2.75) is 39.3 Å². The van der Waals surface area contributed by atoms with Gasteiger partial charge in [0.15, 0.2) is 0 Å². The summed E-state index contributed by atoms with van der Waals surface area (Å²) >= 11 is 0. The zero-order valence-corrected chi connectivity index (χ0v) is 12.9. The van der Waals surface area contributed by atoms with Gasteiger partial charge in [0, 0.05) is 18.6 Å². The van der Waals surface area contributed by atoms with Crippen molar-refractivity contribution in [2.24, 2.45) is 0 Å². The normalized spacial score (nSPS) is 11.8. The van der Waals surface area contributed by atoms with E-state index >= 15 is 0 Å². The molecule has 106 valence electrons. The SMILES string of the molecule is C=CCN(C)Cc1ccc(CCNC(C)(C)C)cc1. The van der Waals surface area contributed by atoms with Crippen molar-refractivity contribution in [3.8, 4) is 0 Å². The van der Waals surface area contributed by atoms with Crippen molar-refractivity contribution in [3.63, 3.8) is 0 Å². The number of benzene rings is 1. The Labute approximate surface area is 118 Å². The molecule has 0 amide bonds. The summed E-state index contributed by atoms with van der Waals surface area (Å²) in [7, 11) is 2.11. The predicted octanol–water partition coefficient (Wildman–Crippen LogP) is 3.24. The average Bonchev–Trinajstić information content (AvgIpc) is 2.30. The lowest BCUT2D eigenvalue weighted by atomic mass is 10.1. The Morgan fingerprint density at radius 1 is 1.16 bits per heavy atom. The van der Waals surface area contributed by atoms with Crippen LogP contribution in [0.5, 0.6) is 0 Å². The number of hydrogen-bond donors (Lipinski definition) is 1. The third-order valence-corrected chi connectivity index (χ3v) is 2.99. The quantitative estimate of drug-likeness (QED) is 0.757. The molecule has 1 aromatic carbocycles. The van der Waals surface area contributed by atoms with Crippen molar-refractivity contribution in [1.82, 2.24) is 10.2 Å². The molecule has 0 fully saturated rings. The molecule has 0 aliphatic heterocycles. The minimum atomic E-state index is 0.202. The standard InChI is InChI=1S/C17H28N2/c1-6-13-19(5)14-16-9-7-15(8-10-16)11-12-18-17(2,3)4/h6-10,18H,1,11-14H2,2-5H3. The topological polar surface area (TPSA) is 15.3 Å². The van der Waals surface area contributed by atoms with Gasteiger partial charge in [-0.2, -0.15) is 0 Å². The highest BCUT2D eigenvalue weighted by molar-refractivity contribution is 5.22. The van der Waals surface area contributed by atoms with E-state index in [9.17, 15) is 0 Å². The molecule has 1 rings (SSSR count). The first-order valence-corrected chi connectivity index (χ1v) is 7.03. The number of rotatable bonds is 7. The van der Waals surface area contributed by atoms with Crippen LogP contribution in [0.2, 0.25) is 0 Å². The van der Waals surface area contributed by atoms with E-state index in [0.717, 1.165) is 26.1 Å². The van der Waals surface area contributed by atoms with Gasteiger partial charge in [0.2, 0.25) is 0 Å². The highest BCUT2D eigenvalue weighted by Gasteiger charge is 2.07. The number of likely N-dealkylation sites (N-methyl/N-ethyl adjacent to an activating group) is 1. The van der Waals surface area contributed by atoms with Crippen LogP contribution in [0.25, 0.3) is 0 Å². The molecule has 0 heterocycles. The summed E-state index contributed by atoms with van der Waals surface area (Å²) in [5, 5.41) is 3.51. The Morgan fingerprint density at radius 3 is 2.26 bits per heavy atom. The largest absolute Gasteiger partial charge is 0.312 e. The molecule has 0 bridgehead atoms. The Morgan fingerprint density at radius 2 is 1.74 bits per heavy atom. The number of nitrogens with one attached hydrogen (secondary N) is 1. The van der Waals surface area contributed by atoms with Gasteiger partial charge >= 0.3 is 0 Å². The molecule has 1 N–H and O–H groups in total. The Kier molecular flexibility index (Phi) is 6.26. The first-order chi connectivity index (χ1) is 8.90. The van der Waals surface area contributed by atoms with Gasteiger partial charge in [-0.15, -0.1) is 6.58 Å². The Balaban J connectivity index is 2.41. The maximum absolute atomic E-state index is 3.76. The molecule has 0 aromatic heterocycles.